The van der Waals surface area contributed by atoms with E-state index in [-0.39, 0.29) is 24.8 Å². The molecule has 0 fully saturated rings. The van der Waals surface area contributed by atoms with Gasteiger partial charge in [-0.15, -0.1) is 24.8 Å². The Morgan fingerprint density at radius 2 is 1.00 bits per heavy atom. The third-order valence-corrected chi connectivity index (χ3v) is 5.40. The van der Waals surface area contributed by atoms with Crippen molar-refractivity contribution in [3.05, 3.63) is 0 Å². The van der Waals surface area contributed by atoms with E-state index in [9.17, 15) is 0 Å². The van der Waals surface area contributed by atoms with Crippen molar-refractivity contribution in [2.24, 2.45) is 11.8 Å². The fraction of sp³-hybridized carbons (Fsp3) is 1.00. The van der Waals surface area contributed by atoms with Crippen molar-refractivity contribution >= 4 is 46.4 Å². The maximum absolute atomic E-state index is 3.38. The van der Waals surface area contributed by atoms with Crippen molar-refractivity contribution in [3.8, 4) is 0 Å². The van der Waals surface area contributed by atoms with Crippen LogP contribution < -0.4 is 10.6 Å². The summed E-state index contributed by atoms with van der Waals surface area (Å²) in [4.78, 5) is 0. The fourth-order valence-corrected chi connectivity index (χ4v) is 4.51. The van der Waals surface area contributed by atoms with Crippen molar-refractivity contribution in [1.82, 2.24) is 10.6 Å². The highest BCUT2D eigenvalue weighted by Gasteiger charge is 2.13. The summed E-state index contributed by atoms with van der Waals surface area (Å²) in [5, 5.41) is 6.75. The molecule has 0 aliphatic rings. The molecular weight excluding hydrogens is 307 g/mol. The summed E-state index contributed by atoms with van der Waals surface area (Å²) in [5.74, 6) is 3.80. The molecule has 0 rings (SSSR count). The Bertz CT molecular complexity index is 154. The quantitative estimate of drug-likeness (QED) is 0.495. The lowest BCUT2D eigenvalue weighted by molar-refractivity contribution is 0.465. The predicted molar refractivity (Wildman–Crippen MR) is 94.8 cm³/mol. The van der Waals surface area contributed by atoms with Gasteiger partial charge in [-0.05, 0) is 25.9 Å². The second-order valence-corrected chi connectivity index (χ2v) is 7.40. The van der Waals surface area contributed by atoms with Crippen LogP contribution in [0.3, 0.4) is 0 Å². The molecule has 2 nitrogen and oxygen atoms in total. The largest absolute Gasteiger partial charge is 0.316 e. The van der Waals surface area contributed by atoms with E-state index in [1.165, 1.54) is 11.5 Å². The average molecular weight is 337 g/mol. The van der Waals surface area contributed by atoms with Crippen LogP contribution in [0, 0.1) is 11.8 Å². The lowest BCUT2D eigenvalue weighted by atomic mass is 10.1. The SMILES string of the molecule is CN[C@H](CSSC[C@@H](NC)C(C)C)C(C)C.Cl.Cl. The summed E-state index contributed by atoms with van der Waals surface area (Å²) in [6, 6.07) is 1.26. The molecule has 18 heavy (non-hydrogen) atoms. The molecular formula is C12H30Cl2N2S2. The van der Waals surface area contributed by atoms with Crippen LogP contribution in [-0.4, -0.2) is 37.7 Å². The molecule has 114 valence electrons. The molecule has 2 N–H and O–H groups in total. The van der Waals surface area contributed by atoms with E-state index in [0.29, 0.717) is 23.9 Å². The van der Waals surface area contributed by atoms with Crippen LogP contribution in [0.4, 0.5) is 0 Å². The summed E-state index contributed by atoms with van der Waals surface area (Å²) in [7, 11) is 8.09. The third kappa shape index (κ3) is 11.1. The van der Waals surface area contributed by atoms with Crippen molar-refractivity contribution in [3.63, 3.8) is 0 Å². The molecule has 6 heteroatoms. The van der Waals surface area contributed by atoms with Gasteiger partial charge in [0.25, 0.3) is 0 Å². The van der Waals surface area contributed by atoms with E-state index in [2.05, 4.69) is 52.4 Å². The van der Waals surface area contributed by atoms with E-state index in [1.807, 2.05) is 21.6 Å². The van der Waals surface area contributed by atoms with Crippen LogP contribution in [0.2, 0.25) is 0 Å². The van der Waals surface area contributed by atoms with Crippen LogP contribution in [-0.2, 0) is 0 Å². The standard InChI is InChI=1S/C12H28N2S2.2ClH/c1-9(2)11(13-5)7-15-16-8-12(14-6)10(3)4;;/h9-14H,7-8H2,1-6H3;2*1H/t11-,12-;;/m1../s1. The van der Waals surface area contributed by atoms with Crippen LogP contribution in [0.25, 0.3) is 0 Å². The van der Waals surface area contributed by atoms with Gasteiger partial charge in [0.05, 0.1) is 0 Å². The van der Waals surface area contributed by atoms with Gasteiger partial charge < -0.3 is 10.6 Å². The second kappa shape index (κ2) is 14.6. The Hall–Kier alpha value is 1.20. The number of rotatable bonds is 9. The zero-order chi connectivity index (χ0) is 12.6. The molecule has 0 aromatic carbocycles. The Labute approximate surface area is 134 Å². The summed E-state index contributed by atoms with van der Waals surface area (Å²) in [6.45, 7) is 9.10. The Kier molecular flexibility index (Phi) is 19.7. The molecule has 0 radical (unpaired) electrons. The molecule has 0 aliphatic carbocycles. The Morgan fingerprint density at radius 3 is 1.17 bits per heavy atom. The molecule has 0 spiro atoms. The van der Waals surface area contributed by atoms with E-state index in [0.717, 1.165) is 0 Å². The van der Waals surface area contributed by atoms with Crippen molar-refractivity contribution in [2.75, 3.05) is 25.6 Å². The van der Waals surface area contributed by atoms with Crippen molar-refractivity contribution < 1.29 is 0 Å². The van der Waals surface area contributed by atoms with Gasteiger partial charge in [-0.25, -0.2) is 0 Å². The van der Waals surface area contributed by atoms with E-state index in [1.54, 1.807) is 0 Å². The molecule has 0 aromatic heterocycles. The van der Waals surface area contributed by atoms with Gasteiger partial charge in [-0.3, -0.25) is 0 Å². The highest BCUT2D eigenvalue weighted by Crippen LogP contribution is 2.25. The smallest absolute Gasteiger partial charge is 0.0194 e. The lowest BCUT2D eigenvalue weighted by Crippen LogP contribution is -2.34. The molecule has 0 heterocycles. The van der Waals surface area contributed by atoms with Crippen LogP contribution in [0.5, 0.6) is 0 Å². The molecule has 0 amide bonds. The van der Waals surface area contributed by atoms with E-state index < -0.39 is 0 Å². The highest BCUT2D eigenvalue weighted by molar-refractivity contribution is 8.76. The number of hydrogen-bond acceptors (Lipinski definition) is 4. The Balaban J connectivity index is -0.00000112. The van der Waals surface area contributed by atoms with Crippen LogP contribution >= 0.6 is 46.4 Å². The van der Waals surface area contributed by atoms with Gasteiger partial charge in [0.1, 0.15) is 0 Å². The molecule has 0 saturated heterocycles. The summed E-state index contributed by atoms with van der Waals surface area (Å²) in [6.07, 6.45) is 0. The van der Waals surface area contributed by atoms with Gasteiger partial charge in [-0.1, -0.05) is 49.3 Å². The predicted octanol–water partition coefficient (Wildman–Crippen LogP) is 3.70. The minimum Gasteiger partial charge on any atom is -0.316 e. The fourth-order valence-electron chi connectivity index (χ4n) is 1.46. The van der Waals surface area contributed by atoms with Crippen molar-refractivity contribution in [2.45, 2.75) is 39.8 Å². The summed E-state index contributed by atoms with van der Waals surface area (Å²) in [5.41, 5.74) is 0. The summed E-state index contributed by atoms with van der Waals surface area (Å²) < 4.78 is 0. The second-order valence-electron chi connectivity index (χ2n) is 4.85. The average Bonchev–Trinajstić information content (AvgIpc) is 2.22. The first-order valence-corrected chi connectivity index (χ1v) is 8.60. The first-order chi connectivity index (χ1) is 7.52. The molecule has 0 aliphatic heterocycles. The molecule has 0 aromatic rings. The third-order valence-electron chi connectivity index (χ3n) is 2.93. The number of halogens is 2. The number of nitrogens with one attached hydrogen (secondary N) is 2. The molecule has 0 unspecified atom stereocenters. The lowest BCUT2D eigenvalue weighted by Gasteiger charge is -2.21. The van der Waals surface area contributed by atoms with Gasteiger partial charge in [0, 0.05) is 23.6 Å². The van der Waals surface area contributed by atoms with Crippen LogP contribution in [0.15, 0.2) is 0 Å². The van der Waals surface area contributed by atoms with E-state index >= 15 is 0 Å². The summed E-state index contributed by atoms with van der Waals surface area (Å²) >= 11 is 0. The normalized spacial score (nSPS) is 14.0. The van der Waals surface area contributed by atoms with Crippen LogP contribution in [0.1, 0.15) is 27.7 Å². The minimum absolute atomic E-state index is 0. The van der Waals surface area contributed by atoms with Gasteiger partial charge in [0.2, 0.25) is 0 Å². The highest BCUT2D eigenvalue weighted by atomic mass is 35.5. The first-order valence-electron chi connectivity index (χ1n) is 6.11. The maximum atomic E-state index is 3.38. The van der Waals surface area contributed by atoms with Crippen molar-refractivity contribution in [1.29, 1.82) is 0 Å². The molecule has 2 atom stereocenters. The first kappa shape index (κ1) is 24.2. The minimum atomic E-state index is 0. The zero-order valence-corrected chi connectivity index (χ0v) is 15.6. The van der Waals surface area contributed by atoms with Gasteiger partial charge in [-0.2, -0.15) is 0 Å². The van der Waals surface area contributed by atoms with Gasteiger partial charge in [0.15, 0.2) is 0 Å². The maximum Gasteiger partial charge on any atom is 0.0194 e. The number of hydrogen-bond donors (Lipinski definition) is 2. The monoisotopic (exact) mass is 336 g/mol. The molecule has 0 saturated carbocycles. The Morgan fingerprint density at radius 1 is 0.722 bits per heavy atom. The zero-order valence-electron chi connectivity index (χ0n) is 12.4. The molecule has 0 bridgehead atoms. The van der Waals surface area contributed by atoms with Gasteiger partial charge >= 0.3 is 0 Å². The van der Waals surface area contributed by atoms with E-state index in [4.69, 9.17) is 0 Å². The topological polar surface area (TPSA) is 24.1 Å².